The van der Waals surface area contributed by atoms with Crippen LogP contribution in [0.15, 0.2) is 59.7 Å². The van der Waals surface area contributed by atoms with Crippen LogP contribution < -0.4 is 11.3 Å². The van der Waals surface area contributed by atoms with Gasteiger partial charge in [0, 0.05) is 20.1 Å². The summed E-state index contributed by atoms with van der Waals surface area (Å²) >= 11 is 0. The van der Waals surface area contributed by atoms with Gasteiger partial charge in [0.2, 0.25) is 0 Å². The lowest BCUT2D eigenvalue weighted by Crippen LogP contribution is -2.22. The number of rotatable bonds is 7. The van der Waals surface area contributed by atoms with Crippen LogP contribution in [0.2, 0.25) is 0 Å². The summed E-state index contributed by atoms with van der Waals surface area (Å²) in [6, 6.07) is 15.9. The Morgan fingerprint density at radius 1 is 1.20 bits per heavy atom. The Bertz CT molecular complexity index is 890. The summed E-state index contributed by atoms with van der Waals surface area (Å²) in [5.74, 6) is 0. The predicted octanol–water partition coefficient (Wildman–Crippen LogP) is 2.68. The van der Waals surface area contributed by atoms with Gasteiger partial charge in [0.1, 0.15) is 0 Å². The number of nitrogens with zero attached hydrogens (tertiary/aromatic N) is 2. The summed E-state index contributed by atoms with van der Waals surface area (Å²) in [7, 11) is 1.71. The molecule has 2 N–H and O–H groups in total. The quantitative estimate of drug-likeness (QED) is 0.719. The van der Waals surface area contributed by atoms with Crippen LogP contribution in [0.3, 0.4) is 0 Å². The highest BCUT2D eigenvalue weighted by molar-refractivity contribution is 5.78. The smallest absolute Gasteiger partial charge is 0.261 e. The number of ether oxygens (including phenoxy) is 1. The molecule has 1 heterocycles. The van der Waals surface area contributed by atoms with Crippen molar-refractivity contribution in [3.63, 3.8) is 0 Å². The van der Waals surface area contributed by atoms with Crippen LogP contribution >= 0.6 is 0 Å². The molecule has 0 fully saturated rings. The number of hydrogen-bond acceptors (Lipinski definition) is 4. The first-order chi connectivity index (χ1) is 12.2. The molecule has 1 atom stereocenters. The Balaban J connectivity index is 1.91. The average Bonchev–Trinajstić information content (AvgIpc) is 2.66. The van der Waals surface area contributed by atoms with E-state index in [4.69, 9.17) is 10.5 Å². The Kier molecular flexibility index (Phi) is 5.58. The summed E-state index contributed by atoms with van der Waals surface area (Å²) < 4.78 is 7.28. The Labute approximate surface area is 147 Å². The molecule has 5 nitrogen and oxygen atoms in total. The van der Waals surface area contributed by atoms with Gasteiger partial charge in [-0.05, 0) is 36.2 Å². The molecule has 0 radical (unpaired) electrons. The molecule has 0 bridgehead atoms. The molecule has 2 aromatic carbocycles. The second kappa shape index (κ2) is 8.05. The van der Waals surface area contributed by atoms with Gasteiger partial charge in [-0.25, -0.2) is 4.98 Å². The molecule has 0 saturated heterocycles. The number of nitrogens with two attached hydrogens (primary N) is 1. The van der Waals surface area contributed by atoms with Gasteiger partial charge in [0.05, 0.1) is 23.3 Å². The molecule has 1 unspecified atom stereocenters. The normalized spacial score (nSPS) is 12.4. The summed E-state index contributed by atoms with van der Waals surface area (Å²) in [5, 5.41) is 0.639. The van der Waals surface area contributed by atoms with Gasteiger partial charge in [-0.3, -0.25) is 9.36 Å². The molecule has 5 heteroatoms. The van der Waals surface area contributed by atoms with E-state index in [2.05, 4.69) is 17.1 Å². The van der Waals surface area contributed by atoms with Gasteiger partial charge in [-0.2, -0.15) is 0 Å². The highest BCUT2D eigenvalue weighted by Gasteiger charge is 2.12. The molecule has 0 amide bonds. The fraction of sp³-hybridized carbons (Fsp3) is 0.300. The second-order valence-electron chi connectivity index (χ2n) is 6.08. The van der Waals surface area contributed by atoms with Crippen LogP contribution in [0.4, 0.5) is 0 Å². The van der Waals surface area contributed by atoms with Crippen molar-refractivity contribution in [1.29, 1.82) is 0 Å². The molecule has 25 heavy (non-hydrogen) atoms. The van der Waals surface area contributed by atoms with Gasteiger partial charge in [-0.15, -0.1) is 0 Å². The molecule has 0 aliphatic carbocycles. The molecule has 0 aliphatic heterocycles. The van der Waals surface area contributed by atoms with Crippen molar-refractivity contribution >= 4 is 10.9 Å². The van der Waals surface area contributed by atoms with E-state index < -0.39 is 0 Å². The fourth-order valence-corrected chi connectivity index (χ4v) is 2.97. The zero-order valence-electron chi connectivity index (χ0n) is 14.4. The number of methoxy groups -OCH3 is 1. The molecule has 3 rings (SSSR count). The van der Waals surface area contributed by atoms with Crippen LogP contribution in [0, 0.1) is 0 Å². The Morgan fingerprint density at radius 3 is 2.72 bits per heavy atom. The first-order valence-electron chi connectivity index (χ1n) is 8.49. The maximum atomic E-state index is 12.7. The highest BCUT2D eigenvalue weighted by atomic mass is 16.5. The molecular weight excluding hydrogens is 314 g/mol. The molecule has 130 valence electrons. The SMILES string of the molecule is COC(Cc1ccc2ncn(CCCN)c(=O)c2c1)c1ccccc1. The second-order valence-corrected chi connectivity index (χ2v) is 6.08. The molecule has 0 aliphatic rings. The van der Waals surface area contributed by atoms with E-state index in [0.717, 1.165) is 17.5 Å². The number of hydrogen-bond donors (Lipinski definition) is 1. The van der Waals surface area contributed by atoms with Crippen LogP contribution in [-0.4, -0.2) is 23.2 Å². The lowest BCUT2D eigenvalue weighted by Gasteiger charge is -2.16. The van der Waals surface area contributed by atoms with E-state index in [-0.39, 0.29) is 11.7 Å². The van der Waals surface area contributed by atoms with Crippen LogP contribution in [-0.2, 0) is 17.7 Å². The van der Waals surface area contributed by atoms with E-state index in [9.17, 15) is 4.79 Å². The summed E-state index contributed by atoms with van der Waals surface area (Å²) in [6.07, 6.45) is 3.01. The lowest BCUT2D eigenvalue weighted by molar-refractivity contribution is 0.104. The minimum atomic E-state index is -0.0465. The van der Waals surface area contributed by atoms with Crippen molar-refractivity contribution in [2.24, 2.45) is 5.73 Å². The van der Waals surface area contributed by atoms with E-state index in [1.807, 2.05) is 36.4 Å². The summed E-state index contributed by atoms with van der Waals surface area (Å²) in [4.78, 5) is 17.0. The maximum absolute atomic E-state index is 12.7. The Hall–Kier alpha value is -2.50. The third-order valence-corrected chi connectivity index (χ3v) is 4.37. The van der Waals surface area contributed by atoms with Crippen LogP contribution in [0.1, 0.15) is 23.7 Å². The van der Waals surface area contributed by atoms with E-state index >= 15 is 0 Å². The van der Waals surface area contributed by atoms with Gasteiger partial charge in [0.15, 0.2) is 0 Å². The molecule has 3 aromatic rings. The monoisotopic (exact) mass is 337 g/mol. The Morgan fingerprint density at radius 2 is 2.00 bits per heavy atom. The number of aryl methyl sites for hydroxylation is 1. The standard InChI is InChI=1S/C20H23N3O2/c1-25-19(16-6-3-2-4-7-16)13-15-8-9-18-17(12-15)20(24)23(14-22-18)11-5-10-21/h2-4,6-9,12,14,19H,5,10-11,13,21H2,1H3. The largest absolute Gasteiger partial charge is 0.376 e. The minimum absolute atomic E-state index is 0.0195. The van der Waals surface area contributed by atoms with Gasteiger partial charge in [-0.1, -0.05) is 36.4 Å². The topological polar surface area (TPSA) is 70.1 Å². The predicted molar refractivity (Wildman–Crippen MR) is 99.6 cm³/mol. The number of aromatic nitrogens is 2. The zero-order valence-corrected chi connectivity index (χ0v) is 14.4. The van der Waals surface area contributed by atoms with Crippen LogP contribution in [0.5, 0.6) is 0 Å². The van der Waals surface area contributed by atoms with Crippen molar-refractivity contribution in [3.8, 4) is 0 Å². The molecular formula is C20H23N3O2. The van der Waals surface area contributed by atoms with E-state index in [0.29, 0.717) is 30.4 Å². The fourth-order valence-electron chi connectivity index (χ4n) is 2.97. The van der Waals surface area contributed by atoms with Gasteiger partial charge >= 0.3 is 0 Å². The summed E-state index contributed by atoms with van der Waals surface area (Å²) in [5.41, 5.74) is 8.41. The third-order valence-electron chi connectivity index (χ3n) is 4.37. The van der Waals surface area contributed by atoms with Crippen LogP contribution in [0.25, 0.3) is 10.9 Å². The maximum Gasteiger partial charge on any atom is 0.261 e. The van der Waals surface area contributed by atoms with Crippen molar-refractivity contribution in [3.05, 3.63) is 76.3 Å². The lowest BCUT2D eigenvalue weighted by atomic mass is 10.0. The minimum Gasteiger partial charge on any atom is -0.376 e. The van der Waals surface area contributed by atoms with E-state index in [1.54, 1.807) is 18.0 Å². The third kappa shape index (κ3) is 3.95. The average molecular weight is 337 g/mol. The van der Waals surface area contributed by atoms with Crippen molar-refractivity contribution < 1.29 is 4.74 Å². The number of fused-ring (bicyclic) bond motifs is 1. The summed E-state index contributed by atoms with van der Waals surface area (Å²) in [6.45, 7) is 1.14. The van der Waals surface area contributed by atoms with E-state index in [1.165, 1.54) is 0 Å². The van der Waals surface area contributed by atoms with Gasteiger partial charge < -0.3 is 10.5 Å². The van der Waals surface area contributed by atoms with Gasteiger partial charge in [0.25, 0.3) is 5.56 Å². The first-order valence-corrected chi connectivity index (χ1v) is 8.49. The molecule has 0 saturated carbocycles. The first kappa shape index (κ1) is 17.3. The zero-order chi connectivity index (χ0) is 17.6. The van der Waals surface area contributed by atoms with Crippen molar-refractivity contribution in [2.45, 2.75) is 25.5 Å². The molecule has 1 aromatic heterocycles. The highest BCUT2D eigenvalue weighted by Crippen LogP contribution is 2.22. The molecule has 0 spiro atoms. The number of benzene rings is 2. The van der Waals surface area contributed by atoms with Crippen molar-refractivity contribution in [2.75, 3.05) is 13.7 Å². The van der Waals surface area contributed by atoms with Crippen molar-refractivity contribution in [1.82, 2.24) is 9.55 Å².